The van der Waals surface area contributed by atoms with E-state index in [-0.39, 0.29) is 7.56 Å². The molecule has 1 fully saturated rings. The molecule has 48 valence electrons. The summed E-state index contributed by atoms with van der Waals surface area (Å²) in [4.78, 5) is 0. The summed E-state index contributed by atoms with van der Waals surface area (Å²) in [5.41, 5.74) is 0. The van der Waals surface area contributed by atoms with Crippen LogP contribution in [0.1, 0.15) is 13.8 Å². The van der Waals surface area contributed by atoms with Gasteiger partial charge in [-0.05, 0) is 12.8 Å². The van der Waals surface area contributed by atoms with Crippen molar-refractivity contribution >= 4 is 47.8 Å². The number of alkyl halides is 3. The summed E-state index contributed by atoms with van der Waals surface area (Å²) in [6.45, 7) is 4.36. The minimum absolute atomic E-state index is 0.146. The summed E-state index contributed by atoms with van der Waals surface area (Å²) in [6.07, 6.45) is 0. The molecule has 0 aromatic rings. The minimum atomic E-state index is 0.146. The highest BCUT2D eigenvalue weighted by molar-refractivity contribution is 9.26. The summed E-state index contributed by atoms with van der Waals surface area (Å²) >= 11 is 10.7. The average molecular weight is 307 g/mol. The van der Waals surface area contributed by atoms with Crippen molar-refractivity contribution in [2.24, 2.45) is 5.92 Å². The molecule has 2 atom stereocenters. The first-order valence-electron chi connectivity index (χ1n) is 2.47. The second kappa shape index (κ2) is 1.73. The van der Waals surface area contributed by atoms with Crippen LogP contribution in [0, 0.1) is 5.92 Å². The molecule has 0 N–H and O–H groups in total. The van der Waals surface area contributed by atoms with E-state index < -0.39 is 0 Å². The van der Waals surface area contributed by atoms with Crippen LogP contribution in [-0.4, -0.2) is 7.56 Å². The predicted molar refractivity (Wildman–Crippen MR) is 47.1 cm³/mol. The normalized spacial score (nSPS) is 51.4. The van der Waals surface area contributed by atoms with Crippen LogP contribution >= 0.6 is 47.8 Å². The van der Waals surface area contributed by atoms with Gasteiger partial charge in [0, 0.05) is 0 Å². The van der Waals surface area contributed by atoms with Gasteiger partial charge in [-0.3, -0.25) is 0 Å². The highest BCUT2D eigenvalue weighted by Gasteiger charge is 2.68. The Kier molecular flexibility index (Phi) is 1.63. The number of rotatable bonds is 0. The topological polar surface area (TPSA) is 0 Å². The summed E-state index contributed by atoms with van der Waals surface area (Å²) in [5, 5.41) is 0. The minimum Gasteiger partial charge on any atom is -0.0828 e. The Morgan fingerprint density at radius 1 is 1.25 bits per heavy atom. The van der Waals surface area contributed by atoms with Gasteiger partial charge >= 0.3 is 0 Å². The Balaban J connectivity index is 2.72. The van der Waals surface area contributed by atoms with Gasteiger partial charge in [-0.25, -0.2) is 0 Å². The average Bonchev–Trinajstić information content (AvgIpc) is 1.88. The number of halogens is 3. The van der Waals surface area contributed by atoms with E-state index in [0.717, 1.165) is 0 Å². The maximum absolute atomic E-state index is 3.58. The highest BCUT2D eigenvalue weighted by Crippen LogP contribution is 2.69. The van der Waals surface area contributed by atoms with Gasteiger partial charge in [0.25, 0.3) is 0 Å². The predicted octanol–water partition coefficient (Wildman–Crippen LogP) is 3.28. The van der Waals surface area contributed by atoms with E-state index in [9.17, 15) is 0 Å². The lowest BCUT2D eigenvalue weighted by atomic mass is 10.4. The fraction of sp³-hybridized carbons (Fsp3) is 1.00. The molecule has 0 aromatic heterocycles. The molecule has 1 aliphatic rings. The molecule has 1 unspecified atom stereocenters. The van der Waals surface area contributed by atoms with Gasteiger partial charge in [-0.15, -0.1) is 0 Å². The van der Waals surface area contributed by atoms with Gasteiger partial charge in [0.1, 0.15) is 0 Å². The lowest BCUT2D eigenvalue weighted by molar-refractivity contribution is 0.891. The summed E-state index contributed by atoms with van der Waals surface area (Å²) in [7, 11) is 0. The van der Waals surface area contributed by atoms with Crippen molar-refractivity contribution in [3.63, 3.8) is 0 Å². The monoisotopic (exact) mass is 304 g/mol. The number of hydrogen-bond donors (Lipinski definition) is 0. The van der Waals surface area contributed by atoms with Crippen LogP contribution < -0.4 is 0 Å². The van der Waals surface area contributed by atoms with Crippen LogP contribution in [0.5, 0.6) is 0 Å². The molecule has 0 saturated heterocycles. The standard InChI is InChI=1S/C5H7Br3/c1-3-4(2,6)5(3,7)8/h3H,1-2H3/t3?,4-/m0/s1. The van der Waals surface area contributed by atoms with Crippen molar-refractivity contribution in [1.82, 2.24) is 0 Å². The molecule has 0 heterocycles. The van der Waals surface area contributed by atoms with Gasteiger partial charge in [0.05, 0.1) is 7.56 Å². The molecule has 1 saturated carbocycles. The maximum Gasteiger partial charge on any atom is 0.0997 e. The molecular formula is C5H7Br3. The Bertz CT molecular complexity index is 103. The summed E-state index contributed by atoms with van der Waals surface area (Å²) in [6, 6.07) is 0. The smallest absolute Gasteiger partial charge is 0.0828 e. The molecule has 1 rings (SSSR count). The van der Waals surface area contributed by atoms with Crippen LogP contribution in [0.25, 0.3) is 0 Å². The van der Waals surface area contributed by atoms with E-state index in [2.05, 4.69) is 61.6 Å². The van der Waals surface area contributed by atoms with Gasteiger partial charge in [0.2, 0.25) is 0 Å². The lowest BCUT2D eigenvalue weighted by Crippen LogP contribution is -1.98. The van der Waals surface area contributed by atoms with Gasteiger partial charge in [0.15, 0.2) is 0 Å². The summed E-state index contributed by atoms with van der Waals surface area (Å²) < 4.78 is 0.396. The molecule has 8 heavy (non-hydrogen) atoms. The van der Waals surface area contributed by atoms with Crippen LogP contribution in [0.4, 0.5) is 0 Å². The van der Waals surface area contributed by atoms with E-state index in [1.807, 2.05) is 0 Å². The van der Waals surface area contributed by atoms with E-state index >= 15 is 0 Å². The molecule has 1 aliphatic carbocycles. The Labute approximate surface area is 74.8 Å². The first-order chi connectivity index (χ1) is 3.40. The third kappa shape index (κ3) is 0.739. The zero-order valence-corrected chi connectivity index (χ0v) is 9.47. The first-order valence-corrected chi connectivity index (χ1v) is 4.85. The highest BCUT2D eigenvalue weighted by atomic mass is 79.9. The van der Waals surface area contributed by atoms with Crippen molar-refractivity contribution in [3.05, 3.63) is 0 Å². The fourth-order valence-corrected chi connectivity index (χ4v) is 3.26. The van der Waals surface area contributed by atoms with Crippen LogP contribution in [-0.2, 0) is 0 Å². The zero-order valence-electron chi connectivity index (χ0n) is 4.71. The molecule has 0 spiro atoms. The molecule has 0 amide bonds. The molecule has 0 radical (unpaired) electrons. The molecule has 0 nitrogen and oxygen atoms in total. The van der Waals surface area contributed by atoms with Gasteiger partial charge in [-0.1, -0.05) is 54.7 Å². The molecule has 0 aliphatic heterocycles. The quantitative estimate of drug-likeness (QED) is 0.603. The van der Waals surface area contributed by atoms with Crippen molar-refractivity contribution in [1.29, 1.82) is 0 Å². The second-order valence-corrected chi connectivity index (χ2v) is 7.63. The first kappa shape index (κ1) is 7.55. The van der Waals surface area contributed by atoms with Crippen molar-refractivity contribution in [2.45, 2.75) is 21.4 Å². The Morgan fingerprint density at radius 2 is 1.38 bits per heavy atom. The van der Waals surface area contributed by atoms with Crippen molar-refractivity contribution in [2.75, 3.05) is 0 Å². The third-order valence-corrected chi connectivity index (χ3v) is 7.32. The van der Waals surface area contributed by atoms with Crippen LogP contribution in [0.2, 0.25) is 0 Å². The van der Waals surface area contributed by atoms with E-state index in [1.165, 1.54) is 0 Å². The molecule has 3 heteroatoms. The van der Waals surface area contributed by atoms with Gasteiger partial charge < -0.3 is 0 Å². The zero-order chi connectivity index (χ0) is 6.58. The van der Waals surface area contributed by atoms with Crippen LogP contribution in [0.3, 0.4) is 0 Å². The van der Waals surface area contributed by atoms with E-state index in [0.29, 0.717) is 5.92 Å². The summed E-state index contributed by atoms with van der Waals surface area (Å²) in [5.74, 6) is 0.662. The third-order valence-electron chi connectivity index (χ3n) is 1.93. The van der Waals surface area contributed by atoms with E-state index in [1.54, 1.807) is 0 Å². The largest absolute Gasteiger partial charge is 0.0997 e. The Morgan fingerprint density at radius 3 is 1.38 bits per heavy atom. The molecule has 0 bridgehead atoms. The molecular weight excluding hydrogens is 300 g/mol. The fourth-order valence-electron chi connectivity index (χ4n) is 0.696. The maximum atomic E-state index is 3.58. The van der Waals surface area contributed by atoms with Crippen molar-refractivity contribution in [3.8, 4) is 0 Å². The van der Waals surface area contributed by atoms with Crippen LogP contribution in [0.15, 0.2) is 0 Å². The van der Waals surface area contributed by atoms with Crippen molar-refractivity contribution < 1.29 is 0 Å². The second-order valence-electron chi connectivity index (χ2n) is 2.42. The van der Waals surface area contributed by atoms with E-state index in [4.69, 9.17) is 0 Å². The Hall–Kier alpha value is 1.44. The van der Waals surface area contributed by atoms with Gasteiger partial charge in [-0.2, -0.15) is 0 Å². The lowest BCUT2D eigenvalue weighted by Gasteiger charge is -1.97. The number of hydrogen-bond acceptors (Lipinski definition) is 0. The SMILES string of the molecule is CC1C(Br)(Br)[C@@]1(C)Br. The molecule has 0 aromatic carbocycles.